The number of fused-ring (bicyclic) bond motifs is 2. The van der Waals surface area contributed by atoms with E-state index in [0.29, 0.717) is 16.9 Å². The van der Waals surface area contributed by atoms with Crippen LogP contribution < -0.4 is 20.8 Å². The average Bonchev–Trinajstić information content (AvgIpc) is 3.19. The summed E-state index contributed by atoms with van der Waals surface area (Å²) in [6.45, 7) is 5.04. The molecular formula is C25H23N2O6-. The molecule has 2 N–H and O–H groups in total. The highest BCUT2D eigenvalue weighted by atomic mass is 16.5. The Morgan fingerprint density at radius 2 is 1.88 bits per heavy atom. The number of nitrogens with one attached hydrogen (secondary N) is 2. The largest absolute Gasteiger partial charge is 0.548 e. The molecule has 8 heteroatoms. The fourth-order valence-corrected chi connectivity index (χ4v) is 3.76. The molecule has 0 saturated heterocycles. The van der Waals surface area contributed by atoms with Gasteiger partial charge in [-0.15, -0.1) is 0 Å². The van der Waals surface area contributed by atoms with E-state index in [1.54, 1.807) is 25.3 Å². The molecule has 2 atom stereocenters. The maximum absolute atomic E-state index is 12.7. The lowest BCUT2D eigenvalue weighted by Crippen LogP contribution is -2.52. The maximum atomic E-state index is 12.7. The van der Waals surface area contributed by atoms with Gasteiger partial charge >= 0.3 is 5.63 Å². The first-order chi connectivity index (χ1) is 15.7. The maximum Gasteiger partial charge on any atom is 0.339 e. The quantitative estimate of drug-likeness (QED) is 0.418. The van der Waals surface area contributed by atoms with Crippen LogP contribution in [0.4, 0.5) is 0 Å². The Kier molecular flexibility index (Phi) is 5.91. The van der Waals surface area contributed by atoms with Crippen LogP contribution in [0.25, 0.3) is 21.9 Å². The molecule has 8 nitrogen and oxygen atoms in total. The number of aromatic nitrogens is 1. The molecule has 2 heterocycles. The van der Waals surface area contributed by atoms with Gasteiger partial charge in [0.1, 0.15) is 11.3 Å². The number of carboxylic acid groups (broad SMARTS) is 1. The van der Waals surface area contributed by atoms with Crippen LogP contribution in [-0.4, -0.2) is 29.0 Å². The van der Waals surface area contributed by atoms with Gasteiger partial charge in [-0.05, 0) is 50.1 Å². The van der Waals surface area contributed by atoms with Crippen molar-refractivity contribution < 1.29 is 23.8 Å². The first-order valence-corrected chi connectivity index (χ1v) is 10.5. The Bertz CT molecular complexity index is 1420. The monoisotopic (exact) mass is 447 g/mol. The third kappa shape index (κ3) is 4.45. The molecule has 170 valence electrons. The number of aromatic amines is 1. The van der Waals surface area contributed by atoms with Crippen molar-refractivity contribution in [2.45, 2.75) is 39.3 Å². The third-order valence-electron chi connectivity index (χ3n) is 5.81. The van der Waals surface area contributed by atoms with E-state index in [1.807, 2.05) is 31.2 Å². The SMILES string of the molecule is Cc1c(C)c2ccc(O[C@H](C)C(=O)N[C@@H](Cc3c[nH]c4ccccc34)C(=O)[O-])cc2oc1=O. The molecule has 0 bridgehead atoms. The number of benzene rings is 2. The molecule has 4 rings (SSSR count). The Hall–Kier alpha value is -4.07. The second kappa shape index (κ2) is 8.82. The molecule has 33 heavy (non-hydrogen) atoms. The first kappa shape index (κ1) is 22.1. The van der Waals surface area contributed by atoms with E-state index in [4.69, 9.17) is 9.15 Å². The number of aryl methyl sites for hydroxylation is 1. The average molecular weight is 447 g/mol. The summed E-state index contributed by atoms with van der Waals surface area (Å²) in [6.07, 6.45) is 0.787. The summed E-state index contributed by atoms with van der Waals surface area (Å²) in [6, 6.07) is 11.2. The van der Waals surface area contributed by atoms with Gasteiger partial charge in [-0.2, -0.15) is 0 Å². The lowest BCUT2D eigenvalue weighted by molar-refractivity contribution is -0.308. The number of H-pyrrole nitrogens is 1. The Balaban J connectivity index is 1.48. The van der Waals surface area contributed by atoms with Crippen LogP contribution in [0.15, 0.2) is 57.9 Å². The van der Waals surface area contributed by atoms with Crippen LogP contribution in [0.1, 0.15) is 23.6 Å². The molecule has 2 aromatic carbocycles. The van der Waals surface area contributed by atoms with Gasteiger partial charge in [0.15, 0.2) is 6.10 Å². The zero-order valence-corrected chi connectivity index (χ0v) is 18.4. The van der Waals surface area contributed by atoms with Crippen molar-refractivity contribution in [1.29, 1.82) is 0 Å². The van der Waals surface area contributed by atoms with Crippen LogP contribution in [-0.2, 0) is 16.0 Å². The number of carbonyl (C=O) groups excluding carboxylic acids is 2. The van der Waals surface area contributed by atoms with Crippen LogP contribution in [0.2, 0.25) is 0 Å². The Morgan fingerprint density at radius 1 is 1.12 bits per heavy atom. The van der Waals surface area contributed by atoms with Crippen LogP contribution in [0, 0.1) is 13.8 Å². The van der Waals surface area contributed by atoms with Gasteiger partial charge in [0.05, 0.1) is 12.0 Å². The number of rotatable bonds is 7. The van der Waals surface area contributed by atoms with Crippen LogP contribution >= 0.6 is 0 Å². The van der Waals surface area contributed by atoms with Crippen molar-refractivity contribution >= 4 is 33.7 Å². The first-order valence-electron chi connectivity index (χ1n) is 10.5. The van der Waals surface area contributed by atoms with E-state index in [9.17, 15) is 19.5 Å². The number of aliphatic carboxylic acids is 1. The minimum Gasteiger partial charge on any atom is -0.548 e. The van der Waals surface area contributed by atoms with Crippen molar-refractivity contribution in [3.63, 3.8) is 0 Å². The molecule has 0 saturated carbocycles. The highest BCUT2D eigenvalue weighted by Crippen LogP contribution is 2.24. The van der Waals surface area contributed by atoms with Gasteiger partial charge in [-0.25, -0.2) is 4.79 Å². The van der Waals surface area contributed by atoms with Gasteiger partial charge in [0.25, 0.3) is 5.91 Å². The number of carbonyl (C=O) groups is 2. The number of hydrogen-bond acceptors (Lipinski definition) is 6. The predicted molar refractivity (Wildman–Crippen MR) is 121 cm³/mol. The third-order valence-corrected chi connectivity index (χ3v) is 5.81. The highest BCUT2D eigenvalue weighted by molar-refractivity contribution is 5.88. The van der Waals surface area contributed by atoms with Crippen molar-refractivity contribution in [3.8, 4) is 5.75 Å². The Labute approximate surface area is 189 Å². The predicted octanol–water partition coefficient (Wildman–Crippen LogP) is 2.14. The van der Waals surface area contributed by atoms with E-state index in [2.05, 4.69) is 10.3 Å². The number of para-hydroxylation sites is 1. The summed E-state index contributed by atoms with van der Waals surface area (Å²) in [5.74, 6) is -1.68. The van der Waals surface area contributed by atoms with Crippen molar-refractivity contribution in [2.75, 3.05) is 0 Å². The summed E-state index contributed by atoms with van der Waals surface area (Å²) in [5.41, 5.74) is 2.89. The van der Waals surface area contributed by atoms with Gasteiger partial charge in [0.2, 0.25) is 0 Å². The van der Waals surface area contributed by atoms with Crippen molar-refractivity contribution in [3.05, 3.63) is 75.8 Å². The molecule has 1 amide bonds. The van der Waals surface area contributed by atoms with Crippen LogP contribution in [0.3, 0.4) is 0 Å². The van der Waals surface area contributed by atoms with Gasteiger partial charge in [-0.1, -0.05) is 18.2 Å². The molecule has 0 spiro atoms. The van der Waals surface area contributed by atoms with Crippen molar-refractivity contribution in [1.82, 2.24) is 10.3 Å². The summed E-state index contributed by atoms with van der Waals surface area (Å²) in [5, 5.41) is 15.8. The summed E-state index contributed by atoms with van der Waals surface area (Å²) >= 11 is 0. The fraction of sp³-hybridized carbons (Fsp3) is 0.240. The van der Waals surface area contributed by atoms with Crippen molar-refractivity contribution in [2.24, 2.45) is 0 Å². The van der Waals surface area contributed by atoms with E-state index in [0.717, 1.165) is 27.4 Å². The lowest BCUT2D eigenvalue weighted by Gasteiger charge is -2.22. The molecule has 0 aliphatic carbocycles. The summed E-state index contributed by atoms with van der Waals surface area (Å²) < 4.78 is 11.0. The smallest absolute Gasteiger partial charge is 0.339 e. The number of carboxylic acids is 1. The zero-order chi connectivity index (χ0) is 23.7. The summed E-state index contributed by atoms with van der Waals surface area (Å²) in [4.78, 5) is 39.4. The molecule has 0 fully saturated rings. The zero-order valence-electron chi connectivity index (χ0n) is 18.4. The van der Waals surface area contributed by atoms with Gasteiger partial charge in [-0.3, -0.25) is 4.79 Å². The molecule has 0 unspecified atom stereocenters. The summed E-state index contributed by atoms with van der Waals surface area (Å²) in [7, 11) is 0. The lowest BCUT2D eigenvalue weighted by atomic mass is 10.0. The second-order valence-electron chi connectivity index (χ2n) is 8.00. The highest BCUT2D eigenvalue weighted by Gasteiger charge is 2.22. The minimum atomic E-state index is -1.39. The molecule has 0 aliphatic rings. The molecular weight excluding hydrogens is 424 g/mol. The fourth-order valence-electron chi connectivity index (χ4n) is 3.76. The van der Waals surface area contributed by atoms with E-state index in [1.165, 1.54) is 13.0 Å². The number of ether oxygens (including phenoxy) is 1. The Morgan fingerprint density at radius 3 is 2.64 bits per heavy atom. The van der Waals surface area contributed by atoms with Crippen LogP contribution in [0.5, 0.6) is 5.75 Å². The molecule has 0 radical (unpaired) electrons. The van der Waals surface area contributed by atoms with E-state index in [-0.39, 0.29) is 6.42 Å². The topological polar surface area (TPSA) is 124 Å². The number of hydrogen-bond donors (Lipinski definition) is 2. The van der Waals surface area contributed by atoms with E-state index < -0.39 is 29.6 Å². The second-order valence-corrected chi connectivity index (χ2v) is 8.00. The molecule has 2 aromatic heterocycles. The van der Waals surface area contributed by atoms with Gasteiger partial charge < -0.3 is 29.4 Å². The normalized spacial score (nSPS) is 13.1. The molecule has 4 aromatic rings. The van der Waals surface area contributed by atoms with E-state index >= 15 is 0 Å². The minimum absolute atomic E-state index is 0.0601. The molecule has 0 aliphatic heterocycles. The van der Waals surface area contributed by atoms with Gasteiger partial charge in [0, 0.05) is 40.5 Å². The number of amides is 1. The standard InChI is InChI=1S/C25H24N2O6/c1-13-14(2)25(31)33-22-11-17(8-9-18(13)22)32-15(3)23(28)27-21(24(29)30)10-16-12-26-20-7-5-4-6-19(16)20/h4-9,11-12,15,21,26H,10H2,1-3H3,(H,27,28)(H,29,30)/p-1/t15-,21+/m1/s1.